The van der Waals surface area contributed by atoms with E-state index in [1.165, 1.54) is 17.8 Å². The molecule has 4 nitrogen and oxygen atoms in total. The lowest BCUT2D eigenvalue weighted by molar-refractivity contribution is -0.137. The van der Waals surface area contributed by atoms with Crippen LogP contribution >= 0.6 is 0 Å². The normalized spacial score (nSPS) is 16.3. The first-order valence-electron chi connectivity index (χ1n) is 10.2. The van der Waals surface area contributed by atoms with Crippen LogP contribution in [-0.2, 0) is 18.1 Å². The Morgan fingerprint density at radius 2 is 1.57 bits per heavy atom. The summed E-state index contributed by atoms with van der Waals surface area (Å²) in [6.07, 6.45) is -3.22. The SMILES string of the molecule is CC(C)(C)c1ccc(-c2nc3ccc(C(F)(F)F)cn3c2CN2CCNCC2)cc1. The zero-order valence-electron chi connectivity index (χ0n) is 17.6. The third-order valence-electron chi connectivity index (χ3n) is 5.65. The van der Waals surface area contributed by atoms with Crippen molar-refractivity contribution in [3.63, 3.8) is 0 Å². The van der Waals surface area contributed by atoms with Gasteiger partial charge in [-0.15, -0.1) is 0 Å². The summed E-state index contributed by atoms with van der Waals surface area (Å²) in [5.41, 5.74) is 3.56. The fraction of sp³-hybridized carbons (Fsp3) is 0.435. The van der Waals surface area contributed by atoms with Crippen molar-refractivity contribution in [1.29, 1.82) is 0 Å². The molecule has 1 aromatic carbocycles. The molecule has 0 aliphatic carbocycles. The number of pyridine rings is 1. The van der Waals surface area contributed by atoms with Crippen molar-refractivity contribution in [1.82, 2.24) is 19.6 Å². The topological polar surface area (TPSA) is 32.6 Å². The van der Waals surface area contributed by atoms with Gasteiger partial charge in [0.1, 0.15) is 5.65 Å². The average molecular weight is 416 g/mol. The highest BCUT2D eigenvalue weighted by molar-refractivity contribution is 5.67. The molecule has 1 fully saturated rings. The number of alkyl halides is 3. The summed E-state index contributed by atoms with van der Waals surface area (Å²) in [7, 11) is 0. The summed E-state index contributed by atoms with van der Waals surface area (Å²) in [6.45, 7) is 10.5. The van der Waals surface area contributed by atoms with Crippen LogP contribution in [0.1, 0.15) is 37.6 Å². The van der Waals surface area contributed by atoms with Crippen LogP contribution in [0.2, 0.25) is 0 Å². The first kappa shape index (κ1) is 20.9. The highest BCUT2D eigenvalue weighted by atomic mass is 19.4. The summed E-state index contributed by atoms with van der Waals surface area (Å²) in [4.78, 5) is 6.97. The Labute approximate surface area is 174 Å². The molecule has 2 aromatic heterocycles. The number of hydrogen-bond acceptors (Lipinski definition) is 3. The largest absolute Gasteiger partial charge is 0.417 e. The number of aromatic nitrogens is 2. The highest BCUT2D eigenvalue weighted by Crippen LogP contribution is 2.33. The predicted octanol–water partition coefficient (Wildman–Crippen LogP) is 4.72. The number of imidazole rings is 1. The molecule has 4 rings (SSSR count). The second-order valence-electron chi connectivity index (χ2n) is 8.90. The summed E-state index contributed by atoms with van der Waals surface area (Å²) in [5, 5.41) is 3.31. The van der Waals surface area contributed by atoms with Crippen LogP contribution in [0.4, 0.5) is 13.2 Å². The molecule has 1 saturated heterocycles. The molecule has 0 amide bonds. The summed E-state index contributed by atoms with van der Waals surface area (Å²) >= 11 is 0. The van der Waals surface area contributed by atoms with E-state index >= 15 is 0 Å². The van der Waals surface area contributed by atoms with E-state index in [9.17, 15) is 13.2 Å². The quantitative estimate of drug-likeness (QED) is 0.671. The second kappa shape index (κ2) is 7.71. The fourth-order valence-electron chi connectivity index (χ4n) is 3.85. The second-order valence-corrected chi connectivity index (χ2v) is 8.90. The van der Waals surface area contributed by atoms with Gasteiger partial charge in [-0.1, -0.05) is 45.0 Å². The van der Waals surface area contributed by atoms with Gasteiger partial charge < -0.3 is 9.72 Å². The van der Waals surface area contributed by atoms with Gasteiger partial charge in [0.25, 0.3) is 0 Å². The van der Waals surface area contributed by atoms with Crippen molar-refractivity contribution in [2.45, 2.75) is 38.9 Å². The van der Waals surface area contributed by atoms with Crippen molar-refractivity contribution >= 4 is 5.65 Å². The highest BCUT2D eigenvalue weighted by Gasteiger charge is 2.31. The molecule has 0 unspecified atom stereocenters. The Morgan fingerprint density at radius 3 is 2.17 bits per heavy atom. The first-order valence-corrected chi connectivity index (χ1v) is 10.2. The Balaban J connectivity index is 1.82. The number of rotatable bonds is 3. The van der Waals surface area contributed by atoms with Crippen LogP contribution in [0, 0.1) is 0 Å². The molecule has 7 heteroatoms. The Morgan fingerprint density at radius 1 is 0.933 bits per heavy atom. The fourth-order valence-corrected chi connectivity index (χ4v) is 3.85. The molecular formula is C23H27F3N4. The van der Waals surface area contributed by atoms with Gasteiger partial charge in [-0.3, -0.25) is 4.90 Å². The van der Waals surface area contributed by atoms with Crippen molar-refractivity contribution in [3.05, 3.63) is 59.4 Å². The zero-order chi connectivity index (χ0) is 21.5. The standard InChI is InChI=1S/C23H27F3N4/c1-22(2,3)17-6-4-16(5-7-17)21-19(15-29-12-10-27-11-13-29)30-14-18(23(24,25)26)8-9-20(30)28-21/h4-9,14,27H,10-13,15H2,1-3H3. The van der Waals surface area contributed by atoms with E-state index in [4.69, 9.17) is 4.98 Å². The van der Waals surface area contributed by atoms with Crippen LogP contribution in [0.5, 0.6) is 0 Å². The van der Waals surface area contributed by atoms with E-state index in [-0.39, 0.29) is 5.41 Å². The molecule has 1 aliphatic heterocycles. The van der Waals surface area contributed by atoms with Crippen LogP contribution in [-0.4, -0.2) is 40.5 Å². The van der Waals surface area contributed by atoms with Crippen molar-refractivity contribution in [3.8, 4) is 11.3 Å². The number of nitrogens with one attached hydrogen (secondary N) is 1. The monoisotopic (exact) mass is 416 g/mol. The van der Waals surface area contributed by atoms with Gasteiger partial charge in [-0.05, 0) is 23.1 Å². The molecule has 160 valence electrons. The van der Waals surface area contributed by atoms with E-state index < -0.39 is 11.7 Å². The van der Waals surface area contributed by atoms with E-state index in [2.05, 4.69) is 43.1 Å². The van der Waals surface area contributed by atoms with Crippen molar-refractivity contribution < 1.29 is 13.2 Å². The molecule has 0 atom stereocenters. The maximum atomic E-state index is 13.3. The predicted molar refractivity (Wildman–Crippen MR) is 112 cm³/mol. The average Bonchev–Trinajstić information content (AvgIpc) is 3.05. The van der Waals surface area contributed by atoms with E-state index in [0.717, 1.165) is 49.2 Å². The smallest absolute Gasteiger partial charge is 0.314 e. The van der Waals surface area contributed by atoms with E-state index in [1.807, 2.05) is 12.1 Å². The number of halogens is 3. The molecule has 0 spiro atoms. The Hall–Kier alpha value is -2.38. The third-order valence-corrected chi connectivity index (χ3v) is 5.65. The maximum absolute atomic E-state index is 13.3. The molecule has 0 bridgehead atoms. The Kier molecular flexibility index (Phi) is 5.36. The van der Waals surface area contributed by atoms with E-state index in [1.54, 1.807) is 4.40 Å². The van der Waals surface area contributed by atoms with Gasteiger partial charge in [0, 0.05) is 44.5 Å². The van der Waals surface area contributed by atoms with Gasteiger partial charge in [0.2, 0.25) is 0 Å². The molecule has 0 radical (unpaired) electrons. The van der Waals surface area contributed by atoms with Gasteiger partial charge >= 0.3 is 6.18 Å². The number of hydrogen-bond donors (Lipinski definition) is 1. The first-order chi connectivity index (χ1) is 14.1. The molecule has 30 heavy (non-hydrogen) atoms. The number of piperazine rings is 1. The van der Waals surface area contributed by atoms with Crippen LogP contribution in [0.3, 0.4) is 0 Å². The van der Waals surface area contributed by atoms with Gasteiger partial charge in [-0.25, -0.2) is 4.98 Å². The number of nitrogens with zero attached hydrogens (tertiary/aromatic N) is 3. The maximum Gasteiger partial charge on any atom is 0.417 e. The summed E-state index contributed by atoms with van der Waals surface area (Å²) in [6, 6.07) is 10.8. The Bertz CT molecular complexity index is 1020. The van der Waals surface area contributed by atoms with Gasteiger partial charge in [-0.2, -0.15) is 13.2 Å². The van der Waals surface area contributed by atoms with Crippen molar-refractivity contribution in [2.75, 3.05) is 26.2 Å². The van der Waals surface area contributed by atoms with Crippen LogP contribution < -0.4 is 5.32 Å². The van der Waals surface area contributed by atoms with Crippen LogP contribution in [0.15, 0.2) is 42.6 Å². The van der Waals surface area contributed by atoms with Crippen molar-refractivity contribution in [2.24, 2.45) is 0 Å². The minimum absolute atomic E-state index is 0.0304. The van der Waals surface area contributed by atoms with E-state index in [0.29, 0.717) is 12.2 Å². The molecule has 0 saturated carbocycles. The summed E-state index contributed by atoms with van der Waals surface area (Å²) < 4.78 is 41.6. The van der Waals surface area contributed by atoms with Crippen LogP contribution in [0.25, 0.3) is 16.9 Å². The lowest BCUT2D eigenvalue weighted by atomic mass is 9.86. The summed E-state index contributed by atoms with van der Waals surface area (Å²) in [5.74, 6) is 0. The number of benzene rings is 1. The molecule has 1 aliphatic rings. The zero-order valence-corrected chi connectivity index (χ0v) is 17.6. The lowest BCUT2D eigenvalue weighted by Gasteiger charge is -2.27. The molecule has 3 heterocycles. The molecule has 1 N–H and O–H groups in total. The van der Waals surface area contributed by atoms with Gasteiger partial charge in [0.05, 0.1) is 17.0 Å². The lowest BCUT2D eigenvalue weighted by Crippen LogP contribution is -2.43. The minimum atomic E-state index is -4.39. The molecular weight excluding hydrogens is 389 g/mol. The molecule has 3 aromatic rings. The van der Waals surface area contributed by atoms with Gasteiger partial charge in [0.15, 0.2) is 0 Å². The number of fused-ring (bicyclic) bond motifs is 1. The minimum Gasteiger partial charge on any atom is -0.314 e. The third kappa shape index (κ3) is 4.23.